The Balaban J connectivity index is 2.96. The summed E-state index contributed by atoms with van der Waals surface area (Å²) in [6, 6.07) is 0. The van der Waals surface area contributed by atoms with Crippen LogP contribution in [0.25, 0.3) is 0 Å². The molecule has 0 aliphatic rings. The van der Waals surface area contributed by atoms with Gasteiger partial charge in [0, 0.05) is 24.3 Å². The fourth-order valence-corrected chi connectivity index (χ4v) is 1.37. The van der Waals surface area contributed by atoms with Crippen molar-refractivity contribution in [2.75, 3.05) is 0 Å². The van der Waals surface area contributed by atoms with Gasteiger partial charge >= 0.3 is 0 Å². The van der Waals surface area contributed by atoms with Crippen LogP contribution in [0.3, 0.4) is 0 Å². The first kappa shape index (κ1) is 11.1. The Labute approximate surface area is 81.9 Å². The van der Waals surface area contributed by atoms with Crippen LogP contribution in [0.5, 0.6) is 0 Å². The third-order valence-corrected chi connectivity index (χ3v) is 1.79. The van der Waals surface area contributed by atoms with Crippen LogP contribution in [0.1, 0.15) is 31.5 Å². The Kier molecular flexibility index (Phi) is 2.89. The molecule has 1 heterocycles. The lowest BCUT2D eigenvalue weighted by Crippen LogP contribution is -2.34. The Morgan fingerprint density at radius 3 is 2.57 bits per heavy atom. The normalized spacial score (nSPS) is 12.5. The number of aromatic nitrogens is 2. The number of halogens is 2. The molecule has 1 rings (SSSR count). The van der Waals surface area contributed by atoms with Crippen LogP contribution in [-0.2, 0) is 13.5 Å². The maximum Gasteiger partial charge on any atom is 0.282 e. The van der Waals surface area contributed by atoms with Crippen molar-refractivity contribution >= 4 is 0 Å². The molecule has 0 aliphatic heterocycles. The molecule has 1 aromatic heterocycles. The van der Waals surface area contributed by atoms with Crippen LogP contribution in [-0.4, -0.2) is 15.3 Å². The lowest BCUT2D eigenvalue weighted by Gasteiger charge is -2.17. The summed E-state index contributed by atoms with van der Waals surface area (Å²) in [6.07, 6.45) is -0.537. The van der Waals surface area contributed by atoms with Gasteiger partial charge in [-0.2, -0.15) is 5.10 Å². The van der Waals surface area contributed by atoms with Gasteiger partial charge in [-0.1, -0.05) is 0 Å². The summed E-state index contributed by atoms with van der Waals surface area (Å²) in [6.45, 7) is 3.60. The van der Waals surface area contributed by atoms with Crippen LogP contribution in [0.15, 0.2) is 6.20 Å². The number of aryl methyl sites for hydroxylation is 1. The zero-order valence-electron chi connectivity index (χ0n) is 8.59. The summed E-state index contributed by atoms with van der Waals surface area (Å²) in [7, 11) is 1.62. The molecule has 3 nitrogen and oxygen atoms in total. The highest BCUT2D eigenvalue weighted by Crippen LogP contribution is 2.23. The monoisotopic (exact) mass is 203 g/mol. The van der Waals surface area contributed by atoms with E-state index in [1.165, 1.54) is 4.68 Å². The first-order valence-corrected chi connectivity index (χ1v) is 4.39. The second-order valence-corrected chi connectivity index (χ2v) is 4.18. The molecule has 0 amide bonds. The van der Waals surface area contributed by atoms with Crippen LogP contribution >= 0.6 is 0 Å². The number of hydrogen-bond donors (Lipinski definition) is 1. The van der Waals surface area contributed by atoms with Gasteiger partial charge in [-0.05, 0) is 20.3 Å². The van der Waals surface area contributed by atoms with E-state index in [0.717, 1.165) is 0 Å². The van der Waals surface area contributed by atoms with Gasteiger partial charge in [0.05, 0.1) is 0 Å². The van der Waals surface area contributed by atoms with E-state index in [-0.39, 0.29) is 5.69 Å². The fraction of sp³-hybridized carbons (Fsp3) is 0.667. The summed E-state index contributed by atoms with van der Waals surface area (Å²) >= 11 is 0. The third kappa shape index (κ3) is 2.77. The van der Waals surface area contributed by atoms with E-state index in [2.05, 4.69) is 5.10 Å². The van der Waals surface area contributed by atoms with Gasteiger partial charge in [0.2, 0.25) is 0 Å². The summed E-state index contributed by atoms with van der Waals surface area (Å²) < 4.78 is 26.4. The number of alkyl halides is 2. The SMILES string of the molecule is Cn1cc(CC(C)(C)N)c(C(F)F)n1. The van der Waals surface area contributed by atoms with E-state index >= 15 is 0 Å². The Morgan fingerprint density at radius 2 is 2.14 bits per heavy atom. The Morgan fingerprint density at radius 1 is 1.57 bits per heavy atom. The zero-order valence-corrected chi connectivity index (χ0v) is 8.59. The van der Waals surface area contributed by atoms with Gasteiger partial charge < -0.3 is 5.73 Å². The second kappa shape index (κ2) is 3.65. The van der Waals surface area contributed by atoms with E-state index < -0.39 is 12.0 Å². The van der Waals surface area contributed by atoms with Gasteiger partial charge in [0.15, 0.2) is 0 Å². The highest BCUT2D eigenvalue weighted by Gasteiger charge is 2.21. The molecule has 0 bridgehead atoms. The number of hydrogen-bond acceptors (Lipinski definition) is 2. The molecule has 5 heteroatoms. The van der Waals surface area contributed by atoms with Crippen molar-refractivity contribution in [1.82, 2.24) is 9.78 Å². The summed E-state index contributed by atoms with van der Waals surface area (Å²) in [5.74, 6) is 0. The van der Waals surface area contributed by atoms with E-state index in [0.29, 0.717) is 12.0 Å². The van der Waals surface area contributed by atoms with Crippen molar-refractivity contribution in [2.45, 2.75) is 32.2 Å². The number of nitrogens with zero attached hydrogens (tertiary/aromatic N) is 2. The lowest BCUT2D eigenvalue weighted by molar-refractivity contribution is 0.144. The average molecular weight is 203 g/mol. The predicted molar refractivity (Wildman–Crippen MR) is 50.1 cm³/mol. The Bertz CT molecular complexity index is 312. The first-order valence-electron chi connectivity index (χ1n) is 4.39. The van der Waals surface area contributed by atoms with Crippen molar-refractivity contribution in [3.8, 4) is 0 Å². The van der Waals surface area contributed by atoms with Gasteiger partial charge in [-0.15, -0.1) is 0 Å². The minimum absolute atomic E-state index is 0.161. The largest absolute Gasteiger partial charge is 0.325 e. The molecule has 0 spiro atoms. The number of nitrogens with two attached hydrogens (primary N) is 1. The topological polar surface area (TPSA) is 43.8 Å². The molecule has 1 aromatic rings. The standard InChI is InChI=1S/C9H15F2N3/c1-9(2,12)4-6-5-14(3)13-7(6)8(10)11/h5,8H,4,12H2,1-3H3. The van der Waals surface area contributed by atoms with Crippen LogP contribution in [0.4, 0.5) is 8.78 Å². The van der Waals surface area contributed by atoms with Crippen molar-refractivity contribution in [3.63, 3.8) is 0 Å². The van der Waals surface area contributed by atoms with Crippen molar-refractivity contribution in [3.05, 3.63) is 17.5 Å². The maximum absolute atomic E-state index is 12.5. The molecular formula is C9H15F2N3. The second-order valence-electron chi connectivity index (χ2n) is 4.18. The molecule has 2 N–H and O–H groups in total. The van der Waals surface area contributed by atoms with Crippen molar-refractivity contribution < 1.29 is 8.78 Å². The molecule has 0 saturated heterocycles. The molecule has 0 aliphatic carbocycles. The molecule has 0 unspecified atom stereocenters. The van der Waals surface area contributed by atoms with Crippen LogP contribution in [0.2, 0.25) is 0 Å². The highest BCUT2D eigenvalue weighted by atomic mass is 19.3. The fourth-order valence-electron chi connectivity index (χ4n) is 1.37. The Hall–Kier alpha value is -0.970. The van der Waals surface area contributed by atoms with Crippen molar-refractivity contribution in [2.24, 2.45) is 12.8 Å². The molecule has 80 valence electrons. The van der Waals surface area contributed by atoms with Gasteiger partial charge in [0.1, 0.15) is 5.69 Å². The molecule has 0 radical (unpaired) electrons. The molecule has 0 fully saturated rings. The van der Waals surface area contributed by atoms with Crippen LogP contribution in [0, 0.1) is 0 Å². The minimum atomic E-state index is -2.53. The predicted octanol–water partition coefficient (Wildman–Crippen LogP) is 1.64. The van der Waals surface area contributed by atoms with E-state index in [4.69, 9.17) is 5.73 Å². The van der Waals surface area contributed by atoms with E-state index in [1.807, 2.05) is 0 Å². The zero-order chi connectivity index (χ0) is 10.9. The average Bonchev–Trinajstić information content (AvgIpc) is 2.27. The number of rotatable bonds is 3. The van der Waals surface area contributed by atoms with E-state index in [1.54, 1.807) is 27.1 Å². The summed E-state index contributed by atoms with van der Waals surface area (Å²) in [5, 5.41) is 3.71. The van der Waals surface area contributed by atoms with E-state index in [9.17, 15) is 8.78 Å². The molecule has 14 heavy (non-hydrogen) atoms. The summed E-state index contributed by atoms with van der Waals surface area (Å²) in [4.78, 5) is 0. The maximum atomic E-state index is 12.5. The molecule has 0 aromatic carbocycles. The smallest absolute Gasteiger partial charge is 0.282 e. The van der Waals surface area contributed by atoms with Crippen molar-refractivity contribution in [1.29, 1.82) is 0 Å². The molecule has 0 saturated carbocycles. The third-order valence-electron chi connectivity index (χ3n) is 1.79. The van der Waals surface area contributed by atoms with Gasteiger partial charge in [0.25, 0.3) is 6.43 Å². The van der Waals surface area contributed by atoms with Gasteiger partial charge in [-0.3, -0.25) is 4.68 Å². The minimum Gasteiger partial charge on any atom is -0.325 e. The van der Waals surface area contributed by atoms with Crippen LogP contribution < -0.4 is 5.73 Å². The van der Waals surface area contributed by atoms with Gasteiger partial charge in [-0.25, -0.2) is 8.78 Å². The first-order chi connectivity index (χ1) is 6.29. The highest BCUT2D eigenvalue weighted by molar-refractivity contribution is 5.20. The molecule has 0 atom stereocenters. The molecular weight excluding hydrogens is 188 g/mol. The quantitative estimate of drug-likeness (QED) is 0.811. The summed E-state index contributed by atoms with van der Waals surface area (Å²) in [5.41, 5.74) is 5.63. The lowest BCUT2D eigenvalue weighted by atomic mass is 9.97.